The Morgan fingerprint density at radius 2 is 1.70 bits per heavy atom. The Morgan fingerprint density at radius 1 is 0.900 bits per heavy atom. The van der Waals surface area contributed by atoms with Crippen molar-refractivity contribution in [2.45, 2.75) is 6.17 Å². The lowest BCUT2D eigenvalue weighted by Gasteiger charge is -2.37. The molecule has 0 radical (unpaired) electrons. The summed E-state index contributed by atoms with van der Waals surface area (Å²) in [5.41, 5.74) is 2.85. The van der Waals surface area contributed by atoms with Crippen LogP contribution in [0.15, 0.2) is 83.7 Å². The number of benzene rings is 3. The van der Waals surface area contributed by atoms with Gasteiger partial charge in [-0.1, -0.05) is 36.4 Å². The highest BCUT2D eigenvalue weighted by Gasteiger charge is 2.35. The van der Waals surface area contributed by atoms with E-state index in [0.717, 1.165) is 10.9 Å². The predicted molar refractivity (Wildman–Crippen MR) is 117 cm³/mol. The van der Waals surface area contributed by atoms with Crippen LogP contribution < -0.4 is 20.5 Å². The van der Waals surface area contributed by atoms with Crippen LogP contribution in [0.1, 0.15) is 22.1 Å². The topological polar surface area (TPSA) is 74.4 Å². The van der Waals surface area contributed by atoms with E-state index in [0.29, 0.717) is 28.3 Å². The highest BCUT2D eigenvalue weighted by Crippen LogP contribution is 2.37. The number of anilines is 2. The van der Waals surface area contributed by atoms with Crippen molar-refractivity contribution < 1.29 is 9.53 Å². The number of carbonyl (C=O) groups excluding carboxylic acids is 1. The predicted octanol–water partition coefficient (Wildman–Crippen LogP) is 4.31. The van der Waals surface area contributed by atoms with Gasteiger partial charge in [-0.15, -0.1) is 0 Å². The fraction of sp³-hybridized carbons (Fsp3) is 0.0833. The lowest BCUT2D eigenvalue weighted by Crippen LogP contribution is -2.45. The van der Waals surface area contributed by atoms with Gasteiger partial charge in [-0.25, -0.2) is 0 Å². The summed E-state index contributed by atoms with van der Waals surface area (Å²) in [5, 5.41) is 4.27. The molecular formula is C24H19N3O3. The summed E-state index contributed by atoms with van der Waals surface area (Å²) in [6, 6.07) is 24.0. The van der Waals surface area contributed by atoms with Crippen LogP contribution in [0.5, 0.6) is 5.75 Å². The summed E-state index contributed by atoms with van der Waals surface area (Å²) in [4.78, 5) is 31.0. The molecule has 3 aromatic carbocycles. The Kier molecular flexibility index (Phi) is 4.25. The smallest absolute Gasteiger partial charge is 0.262 e. The van der Waals surface area contributed by atoms with Crippen molar-refractivity contribution in [1.82, 2.24) is 4.98 Å². The largest absolute Gasteiger partial charge is 0.497 e. The number of aromatic amines is 1. The summed E-state index contributed by atoms with van der Waals surface area (Å²) >= 11 is 0. The standard InChI is InChI=1S/C24H19N3O3/c1-30-17-9-6-8-16(14-17)27-22(25-21-12-5-3-10-18(21)24(27)29)19-13-15-7-2-4-11-20(15)26-23(19)28/h2-14,22,25H,1H3,(H,26,28). The Labute approximate surface area is 172 Å². The third kappa shape index (κ3) is 2.90. The molecule has 6 nitrogen and oxygen atoms in total. The molecule has 1 atom stereocenters. The molecule has 0 saturated carbocycles. The molecular weight excluding hydrogens is 378 g/mol. The molecule has 2 heterocycles. The zero-order valence-corrected chi connectivity index (χ0v) is 16.3. The van der Waals surface area contributed by atoms with Crippen molar-refractivity contribution in [1.29, 1.82) is 0 Å². The molecule has 6 heteroatoms. The minimum atomic E-state index is -0.673. The van der Waals surface area contributed by atoms with Crippen molar-refractivity contribution in [2.75, 3.05) is 17.3 Å². The van der Waals surface area contributed by atoms with E-state index in [4.69, 9.17) is 4.74 Å². The fourth-order valence-corrected chi connectivity index (χ4v) is 3.87. The van der Waals surface area contributed by atoms with Crippen molar-refractivity contribution in [3.63, 3.8) is 0 Å². The van der Waals surface area contributed by atoms with E-state index in [-0.39, 0.29) is 11.5 Å². The van der Waals surface area contributed by atoms with Gasteiger partial charge in [0.2, 0.25) is 0 Å². The lowest BCUT2D eigenvalue weighted by atomic mass is 10.0. The molecule has 0 saturated heterocycles. The first-order chi connectivity index (χ1) is 14.7. The number of fused-ring (bicyclic) bond motifs is 2. The third-order valence-corrected chi connectivity index (χ3v) is 5.33. The van der Waals surface area contributed by atoms with E-state index in [1.54, 1.807) is 24.1 Å². The van der Waals surface area contributed by atoms with Crippen molar-refractivity contribution in [2.24, 2.45) is 0 Å². The van der Waals surface area contributed by atoms with Gasteiger partial charge in [-0.2, -0.15) is 0 Å². The second-order valence-electron chi connectivity index (χ2n) is 7.11. The molecule has 1 aromatic heterocycles. The monoisotopic (exact) mass is 397 g/mol. The normalized spacial score (nSPS) is 15.6. The zero-order chi connectivity index (χ0) is 20.7. The highest BCUT2D eigenvalue weighted by molar-refractivity contribution is 6.12. The Morgan fingerprint density at radius 3 is 2.57 bits per heavy atom. The number of nitrogens with zero attached hydrogens (tertiary/aromatic N) is 1. The van der Waals surface area contributed by atoms with Crippen molar-refractivity contribution in [3.05, 3.63) is 100 Å². The fourth-order valence-electron chi connectivity index (χ4n) is 3.87. The van der Waals surface area contributed by atoms with Crippen molar-refractivity contribution in [3.8, 4) is 5.75 Å². The van der Waals surface area contributed by atoms with Crippen LogP contribution >= 0.6 is 0 Å². The van der Waals surface area contributed by atoms with Gasteiger partial charge in [-0.05, 0) is 41.8 Å². The van der Waals surface area contributed by atoms with Crippen LogP contribution in [0.25, 0.3) is 10.9 Å². The van der Waals surface area contributed by atoms with Crippen LogP contribution in [-0.2, 0) is 0 Å². The molecule has 4 aromatic rings. The third-order valence-electron chi connectivity index (χ3n) is 5.33. The number of carbonyl (C=O) groups is 1. The van der Waals surface area contributed by atoms with Gasteiger partial charge in [0.15, 0.2) is 0 Å². The molecule has 0 fully saturated rings. The van der Waals surface area contributed by atoms with Crippen molar-refractivity contribution >= 4 is 28.2 Å². The maximum Gasteiger partial charge on any atom is 0.262 e. The average Bonchev–Trinajstić information content (AvgIpc) is 2.78. The number of hydrogen-bond acceptors (Lipinski definition) is 4. The first-order valence-corrected chi connectivity index (χ1v) is 9.61. The maximum atomic E-state index is 13.5. The van der Waals surface area contributed by atoms with Gasteiger partial charge < -0.3 is 15.0 Å². The molecule has 0 aliphatic carbocycles. The molecule has 1 amide bonds. The van der Waals surface area contributed by atoms with Gasteiger partial charge in [0.25, 0.3) is 11.5 Å². The summed E-state index contributed by atoms with van der Waals surface area (Å²) < 4.78 is 5.35. The minimum absolute atomic E-state index is 0.185. The van der Waals surface area contributed by atoms with E-state index in [2.05, 4.69) is 10.3 Å². The second-order valence-corrected chi connectivity index (χ2v) is 7.11. The second kappa shape index (κ2) is 7.08. The summed E-state index contributed by atoms with van der Waals surface area (Å²) in [7, 11) is 1.58. The van der Waals surface area contributed by atoms with E-state index in [9.17, 15) is 9.59 Å². The number of amides is 1. The number of ether oxygens (including phenoxy) is 1. The molecule has 1 unspecified atom stereocenters. The SMILES string of the molecule is COc1cccc(N2C(=O)c3ccccc3NC2c2cc3ccccc3[nH]c2=O)c1. The molecule has 1 aliphatic heterocycles. The Hall–Kier alpha value is -4.06. The average molecular weight is 397 g/mol. The van der Waals surface area contributed by atoms with Gasteiger partial charge in [0.05, 0.1) is 23.9 Å². The van der Waals surface area contributed by atoms with E-state index in [1.807, 2.05) is 66.7 Å². The molecule has 30 heavy (non-hydrogen) atoms. The molecule has 1 aliphatic rings. The van der Waals surface area contributed by atoms with Crippen LogP contribution in [0.3, 0.4) is 0 Å². The number of nitrogens with one attached hydrogen (secondary N) is 2. The zero-order valence-electron chi connectivity index (χ0n) is 16.3. The first-order valence-electron chi connectivity index (χ1n) is 9.61. The van der Waals surface area contributed by atoms with Crippen LogP contribution in [0, 0.1) is 0 Å². The van der Waals surface area contributed by atoms with E-state index in [1.165, 1.54) is 0 Å². The number of H-pyrrole nitrogens is 1. The van der Waals surface area contributed by atoms with Gasteiger partial charge in [0.1, 0.15) is 11.9 Å². The number of pyridine rings is 1. The lowest BCUT2D eigenvalue weighted by molar-refractivity contribution is 0.0975. The number of rotatable bonds is 3. The minimum Gasteiger partial charge on any atom is -0.497 e. The van der Waals surface area contributed by atoms with Gasteiger partial charge in [0, 0.05) is 17.3 Å². The number of para-hydroxylation sites is 2. The highest BCUT2D eigenvalue weighted by atomic mass is 16.5. The maximum absolute atomic E-state index is 13.5. The summed E-state index contributed by atoms with van der Waals surface area (Å²) in [6.45, 7) is 0. The van der Waals surface area contributed by atoms with Crippen LogP contribution in [0.2, 0.25) is 0 Å². The molecule has 2 N–H and O–H groups in total. The summed E-state index contributed by atoms with van der Waals surface area (Å²) in [6.07, 6.45) is -0.673. The number of methoxy groups -OCH3 is 1. The van der Waals surface area contributed by atoms with E-state index < -0.39 is 6.17 Å². The molecule has 0 bridgehead atoms. The number of aromatic nitrogens is 1. The Balaban J connectivity index is 1.72. The molecule has 5 rings (SSSR count). The van der Waals surface area contributed by atoms with Gasteiger partial charge >= 0.3 is 0 Å². The first kappa shape index (κ1) is 18.0. The molecule has 0 spiro atoms. The quantitative estimate of drug-likeness (QED) is 0.540. The van der Waals surface area contributed by atoms with Gasteiger partial charge in [-0.3, -0.25) is 14.5 Å². The summed E-state index contributed by atoms with van der Waals surface area (Å²) in [5.74, 6) is 0.445. The van der Waals surface area contributed by atoms with Crippen LogP contribution in [-0.4, -0.2) is 18.0 Å². The Bertz CT molecular complexity index is 1330. The van der Waals surface area contributed by atoms with E-state index >= 15 is 0 Å². The number of hydrogen-bond donors (Lipinski definition) is 2. The molecule has 148 valence electrons. The van der Waals surface area contributed by atoms with Crippen LogP contribution in [0.4, 0.5) is 11.4 Å².